The Balaban J connectivity index is 1.57. The molecule has 0 aliphatic rings. The Hall–Kier alpha value is -1.89. The summed E-state index contributed by atoms with van der Waals surface area (Å²) >= 11 is 3.47. The Morgan fingerprint density at radius 2 is 2.14 bits per heavy atom. The van der Waals surface area contributed by atoms with Gasteiger partial charge in [0.2, 0.25) is 5.95 Å². The number of pyridine rings is 1. The molecule has 3 aromatic heterocycles. The van der Waals surface area contributed by atoms with Gasteiger partial charge in [-0.25, -0.2) is 4.52 Å². The third kappa shape index (κ3) is 3.07. The van der Waals surface area contributed by atoms with Gasteiger partial charge < -0.3 is 5.32 Å². The zero-order chi connectivity index (χ0) is 14.8. The van der Waals surface area contributed by atoms with Crippen LogP contribution in [-0.2, 0) is 6.54 Å². The molecule has 0 aliphatic heterocycles. The van der Waals surface area contributed by atoms with E-state index in [9.17, 15) is 0 Å². The largest absolute Gasteiger partial charge is 0.353 e. The summed E-state index contributed by atoms with van der Waals surface area (Å²) < 4.78 is 4.73. The Bertz CT molecular complexity index is 760. The van der Waals surface area contributed by atoms with Crippen LogP contribution in [0.1, 0.15) is 17.8 Å². The summed E-state index contributed by atoms with van der Waals surface area (Å²) in [6, 6.07) is 5.98. The Morgan fingerprint density at radius 3 is 2.86 bits per heavy atom. The van der Waals surface area contributed by atoms with Crippen molar-refractivity contribution in [1.82, 2.24) is 24.4 Å². The van der Waals surface area contributed by atoms with E-state index in [4.69, 9.17) is 0 Å². The van der Waals surface area contributed by atoms with Crippen molar-refractivity contribution in [3.8, 4) is 0 Å². The van der Waals surface area contributed by atoms with Crippen molar-refractivity contribution >= 4 is 27.5 Å². The van der Waals surface area contributed by atoms with E-state index in [0.717, 1.165) is 35.3 Å². The number of halogens is 1. The number of rotatable bonds is 5. The number of anilines is 1. The molecule has 3 rings (SSSR count). The van der Waals surface area contributed by atoms with E-state index < -0.39 is 0 Å². The second-order valence-electron chi connectivity index (χ2n) is 4.99. The molecule has 0 unspecified atom stereocenters. The van der Waals surface area contributed by atoms with E-state index in [-0.39, 0.29) is 0 Å². The highest BCUT2D eigenvalue weighted by atomic mass is 79.9. The number of hydrogen-bond donors (Lipinski definition) is 1. The fourth-order valence-corrected chi connectivity index (χ4v) is 2.70. The first kappa shape index (κ1) is 14.1. The number of aromatic nitrogens is 5. The number of fused-ring (bicyclic) bond motifs is 1. The lowest BCUT2D eigenvalue weighted by atomic mass is 10.4. The van der Waals surface area contributed by atoms with Crippen LogP contribution >= 0.6 is 15.9 Å². The zero-order valence-corrected chi connectivity index (χ0v) is 13.6. The fourth-order valence-electron chi connectivity index (χ4n) is 2.28. The van der Waals surface area contributed by atoms with Crippen molar-refractivity contribution in [2.45, 2.75) is 26.8 Å². The van der Waals surface area contributed by atoms with Gasteiger partial charge in [0, 0.05) is 25.0 Å². The predicted molar refractivity (Wildman–Crippen MR) is 85.5 cm³/mol. The van der Waals surface area contributed by atoms with Crippen molar-refractivity contribution in [3.05, 3.63) is 40.3 Å². The first-order valence-corrected chi connectivity index (χ1v) is 7.68. The van der Waals surface area contributed by atoms with Crippen molar-refractivity contribution in [1.29, 1.82) is 0 Å². The summed E-state index contributed by atoms with van der Waals surface area (Å²) in [5, 5.41) is 12.1. The Morgan fingerprint density at radius 1 is 1.29 bits per heavy atom. The van der Waals surface area contributed by atoms with Gasteiger partial charge in [0.05, 0.1) is 10.2 Å². The molecule has 7 heteroatoms. The van der Waals surface area contributed by atoms with Gasteiger partial charge in [0.1, 0.15) is 0 Å². The minimum Gasteiger partial charge on any atom is -0.353 e. The molecule has 0 saturated heterocycles. The minimum absolute atomic E-state index is 0.648. The maximum Gasteiger partial charge on any atom is 0.243 e. The first-order valence-electron chi connectivity index (χ1n) is 6.89. The molecule has 0 fully saturated rings. The Labute approximate surface area is 131 Å². The molecule has 0 spiro atoms. The smallest absolute Gasteiger partial charge is 0.243 e. The van der Waals surface area contributed by atoms with Crippen LogP contribution in [0.2, 0.25) is 0 Å². The van der Waals surface area contributed by atoms with E-state index in [1.54, 1.807) is 4.52 Å². The monoisotopic (exact) mass is 348 g/mol. The van der Waals surface area contributed by atoms with Gasteiger partial charge in [-0.3, -0.25) is 4.68 Å². The SMILES string of the molecule is Cc1cc(C)n(CCCNc2nc3c(Br)cccn3n2)n1. The van der Waals surface area contributed by atoms with E-state index in [0.29, 0.717) is 5.95 Å². The fraction of sp³-hybridized carbons (Fsp3) is 0.357. The summed E-state index contributed by atoms with van der Waals surface area (Å²) in [4.78, 5) is 4.45. The molecule has 0 aliphatic carbocycles. The van der Waals surface area contributed by atoms with Crippen LogP contribution in [0.5, 0.6) is 0 Å². The minimum atomic E-state index is 0.648. The van der Waals surface area contributed by atoms with Crippen molar-refractivity contribution in [3.63, 3.8) is 0 Å². The molecule has 0 bridgehead atoms. The van der Waals surface area contributed by atoms with Crippen LogP contribution in [0.4, 0.5) is 5.95 Å². The molecule has 0 amide bonds. The quantitative estimate of drug-likeness (QED) is 0.720. The maximum atomic E-state index is 4.45. The van der Waals surface area contributed by atoms with Gasteiger partial charge >= 0.3 is 0 Å². The van der Waals surface area contributed by atoms with Crippen LogP contribution in [0.15, 0.2) is 28.9 Å². The van der Waals surface area contributed by atoms with Crippen LogP contribution in [0.3, 0.4) is 0 Å². The summed E-state index contributed by atoms with van der Waals surface area (Å²) in [7, 11) is 0. The second-order valence-corrected chi connectivity index (χ2v) is 5.84. The molecular formula is C14H17BrN6. The molecule has 0 aromatic carbocycles. The molecule has 0 saturated carbocycles. The lowest BCUT2D eigenvalue weighted by Crippen LogP contribution is -2.09. The summed E-state index contributed by atoms with van der Waals surface area (Å²) in [5.74, 6) is 0.648. The van der Waals surface area contributed by atoms with Gasteiger partial charge in [0.15, 0.2) is 5.65 Å². The van der Waals surface area contributed by atoms with Gasteiger partial charge in [-0.2, -0.15) is 10.1 Å². The molecule has 3 aromatic rings. The molecule has 110 valence electrons. The van der Waals surface area contributed by atoms with E-state index >= 15 is 0 Å². The highest BCUT2D eigenvalue weighted by molar-refractivity contribution is 9.10. The summed E-state index contributed by atoms with van der Waals surface area (Å²) in [5.41, 5.74) is 3.08. The number of aryl methyl sites for hydroxylation is 3. The maximum absolute atomic E-state index is 4.45. The molecule has 0 radical (unpaired) electrons. The van der Waals surface area contributed by atoms with E-state index in [2.05, 4.69) is 49.4 Å². The van der Waals surface area contributed by atoms with Crippen LogP contribution in [0, 0.1) is 13.8 Å². The van der Waals surface area contributed by atoms with Crippen molar-refractivity contribution < 1.29 is 0 Å². The molecule has 3 heterocycles. The van der Waals surface area contributed by atoms with E-state index in [1.165, 1.54) is 5.69 Å². The lowest BCUT2D eigenvalue weighted by Gasteiger charge is -2.04. The van der Waals surface area contributed by atoms with Crippen LogP contribution in [-0.4, -0.2) is 30.9 Å². The van der Waals surface area contributed by atoms with E-state index in [1.807, 2.05) is 29.9 Å². The molecule has 0 atom stereocenters. The van der Waals surface area contributed by atoms with Gasteiger partial charge in [0.25, 0.3) is 0 Å². The van der Waals surface area contributed by atoms with Crippen molar-refractivity contribution in [2.75, 3.05) is 11.9 Å². The molecule has 6 nitrogen and oxygen atoms in total. The summed E-state index contributed by atoms with van der Waals surface area (Å²) in [6.45, 7) is 5.80. The third-order valence-electron chi connectivity index (χ3n) is 3.25. The van der Waals surface area contributed by atoms with Crippen LogP contribution < -0.4 is 5.32 Å². The molecule has 1 N–H and O–H groups in total. The highest BCUT2D eigenvalue weighted by Gasteiger charge is 2.05. The number of nitrogens with one attached hydrogen (secondary N) is 1. The summed E-state index contributed by atoms with van der Waals surface area (Å²) in [6.07, 6.45) is 2.85. The molecular weight excluding hydrogens is 332 g/mol. The standard InChI is InChI=1S/C14H17BrN6/c1-10-9-11(2)20(18-10)8-4-6-16-14-17-13-12(15)5-3-7-21(13)19-14/h3,5,7,9H,4,6,8H2,1-2H3,(H,16,19). The van der Waals surface area contributed by atoms with Gasteiger partial charge in [-0.1, -0.05) is 0 Å². The number of nitrogens with zero attached hydrogens (tertiary/aromatic N) is 5. The van der Waals surface area contributed by atoms with Crippen LogP contribution in [0.25, 0.3) is 5.65 Å². The van der Waals surface area contributed by atoms with Gasteiger partial charge in [-0.05, 0) is 54.4 Å². The highest BCUT2D eigenvalue weighted by Crippen LogP contribution is 2.16. The first-order chi connectivity index (χ1) is 10.1. The zero-order valence-electron chi connectivity index (χ0n) is 12.0. The normalized spacial score (nSPS) is 11.2. The lowest BCUT2D eigenvalue weighted by molar-refractivity contribution is 0.573. The predicted octanol–water partition coefficient (Wildman–Crippen LogP) is 2.81. The average molecular weight is 349 g/mol. The molecule has 21 heavy (non-hydrogen) atoms. The average Bonchev–Trinajstić information content (AvgIpc) is 2.99. The Kier molecular flexibility index (Phi) is 3.92. The third-order valence-corrected chi connectivity index (χ3v) is 3.87. The van der Waals surface area contributed by atoms with Crippen molar-refractivity contribution in [2.24, 2.45) is 0 Å². The number of hydrogen-bond acceptors (Lipinski definition) is 4. The van der Waals surface area contributed by atoms with Gasteiger partial charge in [-0.15, -0.1) is 5.10 Å². The second kappa shape index (κ2) is 5.85. The topological polar surface area (TPSA) is 60.0 Å².